The molecule has 0 aromatic rings. The van der Waals surface area contributed by atoms with Crippen molar-refractivity contribution in [2.24, 2.45) is 0 Å². The molecule has 6 heavy (non-hydrogen) atoms. The summed E-state index contributed by atoms with van der Waals surface area (Å²) in [6, 6.07) is 0. The normalized spacial score (nSPS) is 8.17. The molecule has 2 heteroatoms. The van der Waals surface area contributed by atoms with Crippen LogP contribution in [-0.2, 0) is 0 Å². The largest absolute Gasteiger partial charge is 0.142 e. The second kappa shape index (κ2) is 5.38. The first kappa shape index (κ1) is 6.38. The monoisotopic (exact) mass is 122 g/mol. The SMILES string of the molecule is C=CCSCCl. The first-order valence-corrected chi connectivity index (χ1v) is 3.35. The van der Waals surface area contributed by atoms with Gasteiger partial charge in [-0.25, -0.2) is 0 Å². The molecule has 0 aliphatic carbocycles. The number of hydrogen-bond acceptors (Lipinski definition) is 1. The number of thioether (sulfide) groups is 1. The Balaban J connectivity index is 2.49. The lowest BCUT2D eigenvalue weighted by molar-refractivity contribution is 1.81. The minimum absolute atomic E-state index is 0.673. The third-order valence-corrected chi connectivity index (χ3v) is 1.40. The van der Waals surface area contributed by atoms with Crippen LogP contribution < -0.4 is 0 Å². The maximum atomic E-state index is 5.30. The molecule has 0 aliphatic rings. The van der Waals surface area contributed by atoms with E-state index in [0.717, 1.165) is 5.75 Å². The average molecular weight is 123 g/mol. The molecule has 0 saturated heterocycles. The van der Waals surface area contributed by atoms with E-state index in [0.29, 0.717) is 5.21 Å². The van der Waals surface area contributed by atoms with Gasteiger partial charge in [-0.05, 0) is 0 Å². The number of halogens is 1. The van der Waals surface area contributed by atoms with Crippen molar-refractivity contribution in [2.75, 3.05) is 11.0 Å². The van der Waals surface area contributed by atoms with Crippen molar-refractivity contribution in [3.05, 3.63) is 12.7 Å². The molecule has 0 aromatic heterocycles. The first-order chi connectivity index (χ1) is 2.91. The van der Waals surface area contributed by atoms with Crippen LogP contribution >= 0.6 is 23.4 Å². The Morgan fingerprint density at radius 3 is 2.67 bits per heavy atom. The predicted octanol–water partition coefficient (Wildman–Crippen LogP) is 2.10. The molecular weight excluding hydrogens is 116 g/mol. The van der Waals surface area contributed by atoms with Gasteiger partial charge in [-0.1, -0.05) is 6.08 Å². The molecule has 0 amide bonds. The molecule has 0 fully saturated rings. The summed E-state index contributed by atoms with van der Waals surface area (Å²) in [4.78, 5) is 0. The molecule has 0 radical (unpaired) electrons. The molecule has 0 bridgehead atoms. The average Bonchev–Trinajstić information content (AvgIpc) is 1.61. The first-order valence-electron chi connectivity index (χ1n) is 1.66. The van der Waals surface area contributed by atoms with Crippen molar-refractivity contribution in [2.45, 2.75) is 0 Å². The summed E-state index contributed by atoms with van der Waals surface area (Å²) in [5.74, 6) is 0.962. The Morgan fingerprint density at radius 2 is 2.50 bits per heavy atom. The topological polar surface area (TPSA) is 0 Å². The Kier molecular flexibility index (Phi) is 5.72. The van der Waals surface area contributed by atoms with E-state index in [-0.39, 0.29) is 0 Å². The third-order valence-electron chi connectivity index (χ3n) is 0.313. The molecule has 0 unspecified atom stereocenters. The summed E-state index contributed by atoms with van der Waals surface area (Å²) in [6.07, 6.45) is 1.84. The summed E-state index contributed by atoms with van der Waals surface area (Å²) >= 11 is 6.95. The smallest absolute Gasteiger partial charge is 0.0683 e. The standard InChI is InChI=1S/C4H7ClS/c1-2-3-6-4-5/h2H,1,3-4H2. The van der Waals surface area contributed by atoms with Gasteiger partial charge in [0, 0.05) is 5.75 Å². The van der Waals surface area contributed by atoms with Crippen LogP contribution in [0.4, 0.5) is 0 Å². The highest BCUT2D eigenvalue weighted by Gasteiger charge is 1.72. The second-order valence-electron chi connectivity index (χ2n) is 0.769. The van der Waals surface area contributed by atoms with E-state index in [4.69, 9.17) is 11.6 Å². The van der Waals surface area contributed by atoms with Crippen LogP contribution in [0.3, 0.4) is 0 Å². The lowest BCUT2D eigenvalue weighted by Gasteiger charge is -1.81. The highest BCUT2D eigenvalue weighted by Crippen LogP contribution is 1.99. The van der Waals surface area contributed by atoms with Gasteiger partial charge in [-0.15, -0.1) is 29.9 Å². The van der Waals surface area contributed by atoms with Gasteiger partial charge in [0.2, 0.25) is 0 Å². The predicted molar refractivity (Wildman–Crippen MR) is 33.4 cm³/mol. The maximum absolute atomic E-state index is 5.30. The van der Waals surface area contributed by atoms with Gasteiger partial charge in [0.1, 0.15) is 0 Å². The van der Waals surface area contributed by atoms with Gasteiger partial charge in [-0.2, -0.15) is 0 Å². The molecule has 0 atom stereocenters. The summed E-state index contributed by atoms with van der Waals surface area (Å²) in [5, 5.41) is 0.673. The van der Waals surface area contributed by atoms with Crippen LogP contribution in [0.1, 0.15) is 0 Å². The summed E-state index contributed by atoms with van der Waals surface area (Å²) < 4.78 is 0. The van der Waals surface area contributed by atoms with Crippen LogP contribution in [0.15, 0.2) is 12.7 Å². The fourth-order valence-electron chi connectivity index (χ4n) is 0.128. The van der Waals surface area contributed by atoms with E-state index in [1.54, 1.807) is 11.8 Å². The van der Waals surface area contributed by atoms with Crippen LogP contribution in [0.2, 0.25) is 0 Å². The fourth-order valence-corrected chi connectivity index (χ4v) is 0.651. The second-order valence-corrected chi connectivity index (χ2v) is 2.38. The minimum atomic E-state index is 0.673. The van der Waals surface area contributed by atoms with E-state index in [1.807, 2.05) is 6.08 Å². The maximum Gasteiger partial charge on any atom is 0.0683 e. The third kappa shape index (κ3) is 4.38. The fraction of sp³-hybridized carbons (Fsp3) is 0.500. The van der Waals surface area contributed by atoms with Crippen molar-refractivity contribution in [3.8, 4) is 0 Å². The van der Waals surface area contributed by atoms with E-state index >= 15 is 0 Å². The molecule has 0 nitrogen and oxygen atoms in total. The number of alkyl halides is 1. The molecule has 0 N–H and O–H groups in total. The molecule has 0 rings (SSSR count). The van der Waals surface area contributed by atoms with E-state index < -0.39 is 0 Å². The van der Waals surface area contributed by atoms with Crippen molar-refractivity contribution < 1.29 is 0 Å². The zero-order chi connectivity index (χ0) is 4.83. The Morgan fingerprint density at radius 1 is 1.83 bits per heavy atom. The summed E-state index contributed by atoms with van der Waals surface area (Å²) in [6.45, 7) is 3.52. The van der Waals surface area contributed by atoms with Crippen LogP contribution in [0, 0.1) is 0 Å². The van der Waals surface area contributed by atoms with E-state index in [1.165, 1.54) is 0 Å². The number of hydrogen-bond donors (Lipinski definition) is 0. The lowest BCUT2D eigenvalue weighted by atomic mass is 10.8. The van der Waals surface area contributed by atoms with Crippen molar-refractivity contribution in [3.63, 3.8) is 0 Å². The van der Waals surface area contributed by atoms with Crippen LogP contribution in [-0.4, -0.2) is 11.0 Å². The number of rotatable bonds is 3. The molecule has 0 spiro atoms. The minimum Gasteiger partial charge on any atom is -0.142 e. The summed E-state index contributed by atoms with van der Waals surface area (Å²) in [7, 11) is 0. The van der Waals surface area contributed by atoms with Gasteiger partial charge in [0.05, 0.1) is 5.21 Å². The lowest BCUT2D eigenvalue weighted by Crippen LogP contribution is -1.64. The van der Waals surface area contributed by atoms with E-state index in [9.17, 15) is 0 Å². The molecular formula is C4H7ClS. The van der Waals surface area contributed by atoms with Gasteiger partial charge in [-0.3, -0.25) is 0 Å². The van der Waals surface area contributed by atoms with E-state index in [2.05, 4.69) is 6.58 Å². The quantitative estimate of drug-likeness (QED) is 0.314. The van der Waals surface area contributed by atoms with Gasteiger partial charge in [0.25, 0.3) is 0 Å². The molecule has 36 valence electrons. The highest BCUT2D eigenvalue weighted by molar-refractivity contribution is 8.00. The van der Waals surface area contributed by atoms with Crippen LogP contribution in [0.5, 0.6) is 0 Å². The molecule has 0 heterocycles. The molecule has 0 saturated carbocycles. The zero-order valence-electron chi connectivity index (χ0n) is 3.48. The van der Waals surface area contributed by atoms with Crippen LogP contribution in [0.25, 0.3) is 0 Å². The zero-order valence-corrected chi connectivity index (χ0v) is 5.06. The Bertz CT molecular complexity index is 36.5. The van der Waals surface area contributed by atoms with Gasteiger partial charge in [0.15, 0.2) is 0 Å². The summed E-state index contributed by atoms with van der Waals surface area (Å²) in [5.41, 5.74) is 0. The van der Waals surface area contributed by atoms with Gasteiger partial charge < -0.3 is 0 Å². The molecule has 0 aromatic carbocycles. The van der Waals surface area contributed by atoms with Crippen molar-refractivity contribution in [1.29, 1.82) is 0 Å². The van der Waals surface area contributed by atoms with Gasteiger partial charge >= 0.3 is 0 Å². The van der Waals surface area contributed by atoms with Crippen molar-refractivity contribution >= 4 is 23.4 Å². The van der Waals surface area contributed by atoms with Crippen molar-refractivity contribution in [1.82, 2.24) is 0 Å². The highest BCUT2D eigenvalue weighted by atomic mass is 35.5. The Hall–Kier alpha value is 0.380. The Labute approximate surface area is 47.6 Å². The molecule has 0 aliphatic heterocycles.